The zero-order valence-electron chi connectivity index (χ0n) is 17.4. The summed E-state index contributed by atoms with van der Waals surface area (Å²) in [7, 11) is 0. The molecule has 1 amide bonds. The lowest BCUT2D eigenvalue weighted by atomic mass is 10.2. The summed E-state index contributed by atoms with van der Waals surface area (Å²) in [5, 5.41) is 8.57. The van der Waals surface area contributed by atoms with E-state index >= 15 is 0 Å². The molecule has 2 heterocycles. The highest BCUT2D eigenvalue weighted by atomic mass is 35.5. The van der Waals surface area contributed by atoms with Crippen molar-refractivity contribution in [2.75, 3.05) is 5.32 Å². The zero-order valence-corrected chi connectivity index (χ0v) is 18.9. The maximum Gasteiger partial charge on any atom is 0.275 e. The van der Waals surface area contributed by atoms with Gasteiger partial charge in [0.2, 0.25) is 4.96 Å². The summed E-state index contributed by atoms with van der Waals surface area (Å²) in [5.74, 6) is 0.276. The van der Waals surface area contributed by atoms with Crippen LogP contribution in [0.2, 0.25) is 5.02 Å². The molecule has 0 saturated carbocycles. The SMILES string of the molecule is CCCCc1nn2c(=O)cc(COc3cccc(NC(=O)c4cccc(Cl)c4)c3)nc2s1. The number of nitrogens with one attached hydrogen (secondary N) is 1. The van der Waals surface area contributed by atoms with E-state index in [0.29, 0.717) is 32.7 Å². The Labute approximate surface area is 193 Å². The van der Waals surface area contributed by atoms with Crippen LogP contribution >= 0.6 is 22.9 Å². The first-order valence-electron chi connectivity index (χ1n) is 10.2. The third-order valence-electron chi connectivity index (χ3n) is 4.65. The normalized spacial score (nSPS) is 10.9. The number of nitrogens with zero attached hydrogens (tertiary/aromatic N) is 3. The van der Waals surface area contributed by atoms with Crippen LogP contribution in [-0.2, 0) is 13.0 Å². The monoisotopic (exact) mass is 468 g/mol. The summed E-state index contributed by atoms with van der Waals surface area (Å²) < 4.78 is 7.15. The van der Waals surface area contributed by atoms with Crippen molar-refractivity contribution in [2.24, 2.45) is 0 Å². The molecule has 0 saturated heterocycles. The number of unbranched alkanes of at least 4 members (excludes halogenated alkanes) is 1. The van der Waals surface area contributed by atoms with E-state index in [0.717, 1.165) is 24.3 Å². The first kappa shape index (κ1) is 22.0. The second-order valence-electron chi connectivity index (χ2n) is 7.16. The average Bonchev–Trinajstić information content (AvgIpc) is 3.20. The summed E-state index contributed by atoms with van der Waals surface area (Å²) in [6, 6.07) is 15.2. The molecule has 0 bridgehead atoms. The molecule has 164 valence electrons. The lowest BCUT2D eigenvalue weighted by Crippen LogP contribution is -2.16. The largest absolute Gasteiger partial charge is 0.487 e. The number of halogens is 1. The Hall–Kier alpha value is -3.23. The Balaban J connectivity index is 1.44. The minimum atomic E-state index is -0.270. The third-order valence-corrected chi connectivity index (χ3v) is 5.85. The number of ether oxygens (including phenoxy) is 1. The minimum Gasteiger partial charge on any atom is -0.487 e. The molecule has 4 rings (SSSR count). The minimum absolute atomic E-state index is 0.125. The summed E-state index contributed by atoms with van der Waals surface area (Å²) in [6.45, 7) is 2.24. The summed E-state index contributed by atoms with van der Waals surface area (Å²) in [4.78, 5) is 29.9. The number of carbonyl (C=O) groups is 1. The molecule has 4 aromatic rings. The molecular formula is C23H21ClN4O3S. The van der Waals surface area contributed by atoms with Gasteiger partial charge in [0.1, 0.15) is 17.4 Å². The van der Waals surface area contributed by atoms with E-state index in [9.17, 15) is 9.59 Å². The van der Waals surface area contributed by atoms with Gasteiger partial charge in [-0.3, -0.25) is 9.59 Å². The molecule has 0 fully saturated rings. The van der Waals surface area contributed by atoms with Crippen LogP contribution in [0.25, 0.3) is 4.96 Å². The van der Waals surface area contributed by atoms with Gasteiger partial charge in [-0.2, -0.15) is 9.61 Å². The molecule has 0 unspecified atom stereocenters. The van der Waals surface area contributed by atoms with E-state index < -0.39 is 0 Å². The fraction of sp³-hybridized carbons (Fsp3) is 0.217. The van der Waals surface area contributed by atoms with Crippen LogP contribution in [-0.4, -0.2) is 20.5 Å². The quantitative estimate of drug-likeness (QED) is 0.394. The molecule has 0 aliphatic heterocycles. The van der Waals surface area contributed by atoms with Crippen LogP contribution in [0.1, 0.15) is 40.8 Å². The van der Waals surface area contributed by atoms with Crippen LogP contribution in [0.3, 0.4) is 0 Å². The molecule has 0 radical (unpaired) electrons. The Kier molecular flexibility index (Phi) is 6.82. The molecule has 0 spiro atoms. The van der Waals surface area contributed by atoms with Crippen molar-refractivity contribution in [2.45, 2.75) is 32.8 Å². The number of aryl methyl sites for hydroxylation is 1. The molecule has 1 N–H and O–H groups in total. The zero-order chi connectivity index (χ0) is 22.5. The van der Waals surface area contributed by atoms with Crippen LogP contribution < -0.4 is 15.6 Å². The molecule has 7 nitrogen and oxygen atoms in total. The standard InChI is InChI=1S/C23H21ClN4O3S/c1-2-3-10-20-27-28-21(29)13-18(26-23(28)32-20)14-31-19-9-5-8-17(12-19)25-22(30)15-6-4-7-16(24)11-15/h4-9,11-13H,2-3,10,14H2,1H3,(H,25,30). The molecule has 2 aromatic heterocycles. The number of carbonyl (C=O) groups excluding carboxylic acids is 1. The van der Waals surface area contributed by atoms with Crippen LogP contribution in [0.4, 0.5) is 5.69 Å². The summed E-state index contributed by atoms with van der Waals surface area (Å²) in [6.07, 6.45) is 2.92. The fourth-order valence-corrected chi connectivity index (χ4v) is 4.20. The first-order valence-corrected chi connectivity index (χ1v) is 11.4. The van der Waals surface area contributed by atoms with E-state index in [2.05, 4.69) is 22.3 Å². The van der Waals surface area contributed by atoms with Gasteiger partial charge in [0, 0.05) is 34.8 Å². The van der Waals surface area contributed by atoms with Gasteiger partial charge in [0.25, 0.3) is 11.5 Å². The van der Waals surface area contributed by atoms with E-state index in [-0.39, 0.29) is 18.1 Å². The highest BCUT2D eigenvalue weighted by molar-refractivity contribution is 7.16. The highest BCUT2D eigenvalue weighted by Gasteiger charge is 2.10. The number of aromatic nitrogens is 3. The summed E-state index contributed by atoms with van der Waals surface area (Å²) >= 11 is 7.38. The second kappa shape index (κ2) is 9.93. The molecule has 0 aliphatic carbocycles. The van der Waals surface area contributed by atoms with Crippen molar-refractivity contribution in [1.29, 1.82) is 0 Å². The van der Waals surface area contributed by atoms with Gasteiger partial charge in [-0.15, -0.1) is 0 Å². The number of rotatable bonds is 8. The van der Waals surface area contributed by atoms with Gasteiger partial charge in [-0.05, 0) is 36.8 Å². The van der Waals surface area contributed by atoms with Crippen LogP contribution in [0.15, 0.2) is 59.4 Å². The van der Waals surface area contributed by atoms with Crippen molar-refractivity contribution in [1.82, 2.24) is 14.6 Å². The number of benzene rings is 2. The Morgan fingerprint density at radius 1 is 1.19 bits per heavy atom. The van der Waals surface area contributed by atoms with Crippen LogP contribution in [0, 0.1) is 0 Å². The topological polar surface area (TPSA) is 85.6 Å². The maximum atomic E-state index is 12.4. The third kappa shape index (κ3) is 5.33. The lowest BCUT2D eigenvalue weighted by Gasteiger charge is -2.09. The summed E-state index contributed by atoms with van der Waals surface area (Å²) in [5.41, 5.74) is 1.34. The number of amides is 1. The van der Waals surface area contributed by atoms with Gasteiger partial charge < -0.3 is 10.1 Å². The maximum absolute atomic E-state index is 12.4. The number of anilines is 1. The molecule has 9 heteroatoms. The van der Waals surface area contributed by atoms with Crippen molar-refractivity contribution in [3.05, 3.63) is 86.2 Å². The van der Waals surface area contributed by atoms with Crippen molar-refractivity contribution < 1.29 is 9.53 Å². The van der Waals surface area contributed by atoms with Gasteiger partial charge >= 0.3 is 0 Å². The lowest BCUT2D eigenvalue weighted by molar-refractivity contribution is 0.102. The Morgan fingerprint density at radius 2 is 2.03 bits per heavy atom. The van der Waals surface area contributed by atoms with E-state index in [4.69, 9.17) is 16.3 Å². The van der Waals surface area contributed by atoms with Crippen molar-refractivity contribution in [3.8, 4) is 5.75 Å². The Morgan fingerprint density at radius 3 is 2.84 bits per heavy atom. The fourth-order valence-electron chi connectivity index (χ4n) is 3.05. The number of fused-ring (bicyclic) bond motifs is 1. The van der Waals surface area contributed by atoms with Gasteiger partial charge in [0.05, 0.1) is 5.69 Å². The molecule has 32 heavy (non-hydrogen) atoms. The van der Waals surface area contributed by atoms with Gasteiger partial charge in [-0.25, -0.2) is 4.98 Å². The Bertz CT molecular complexity index is 1320. The van der Waals surface area contributed by atoms with Crippen molar-refractivity contribution >= 4 is 39.5 Å². The molecule has 0 atom stereocenters. The predicted octanol–water partition coefficient (Wildman–Crippen LogP) is 4.98. The highest BCUT2D eigenvalue weighted by Crippen LogP contribution is 2.20. The molecule has 2 aromatic carbocycles. The van der Waals surface area contributed by atoms with Crippen molar-refractivity contribution in [3.63, 3.8) is 0 Å². The number of hydrogen-bond acceptors (Lipinski definition) is 6. The first-order chi connectivity index (χ1) is 15.5. The van der Waals surface area contributed by atoms with E-state index in [1.54, 1.807) is 48.5 Å². The average molecular weight is 469 g/mol. The van der Waals surface area contributed by atoms with E-state index in [1.165, 1.54) is 21.9 Å². The predicted molar refractivity (Wildman–Crippen MR) is 126 cm³/mol. The second-order valence-corrected chi connectivity index (χ2v) is 8.64. The van der Waals surface area contributed by atoms with Gasteiger partial charge in [0.15, 0.2) is 0 Å². The van der Waals surface area contributed by atoms with Crippen LogP contribution in [0.5, 0.6) is 5.75 Å². The number of hydrogen-bond donors (Lipinski definition) is 1. The van der Waals surface area contributed by atoms with E-state index in [1.807, 2.05) is 0 Å². The van der Waals surface area contributed by atoms with Gasteiger partial charge in [-0.1, -0.05) is 48.4 Å². The molecule has 0 aliphatic rings. The molecular weight excluding hydrogens is 448 g/mol. The smallest absolute Gasteiger partial charge is 0.275 e.